The number of hydrogen-bond donors (Lipinski definition) is 1. The van der Waals surface area contributed by atoms with Crippen molar-refractivity contribution in [2.45, 2.75) is 33.2 Å². The Hall–Kier alpha value is -0.960. The summed E-state index contributed by atoms with van der Waals surface area (Å²) in [6.07, 6.45) is 2.40. The fraction of sp³-hybridized carbons (Fsp3) is 0.375. The van der Waals surface area contributed by atoms with E-state index in [0.29, 0.717) is 0 Å². The summed E-state index contributed by atoms with van der Waals surface area (Å²) in [5.74, 6) is 1.83. The van der Waals surface area contributed by atoms with E-state index in [4.69, 9.17) is 16.0 Å². The van der Waals surface area contributed by atoms with Crippen LogP contribution < -0.4 is 5.32 Å². The van der Waals surface area contributed by atoms with Gasteiger partial charge >= 0.3 is 0 Å². The monoisotopic (exact) mass is 313 g/mol. The van der Waals surface area contributed by atoms with Crippen molar-refractivity contribution in [2.75, 3.05) is 6.54 Å². The number of benzene rings is 1. The molecule has 20 heavy (non-hydrogen) atoms. The van der Waals surface area contributed by atoms with Crippen molar-refractivity contribution in [2.24, 2.45) is 0 Å². The van der Waals surface area contributed by atoms with Gasteiger partial charge < -0.3 is 9.73 Å². The van der Waals surface area contributed by atoms with Gasteiger partial charge in [0.05, 0.1) is 6.54 Å². The van der Waals surface area contributed by atoms with Crippen LogP contribution in [0.1, 0.15) is 31.1 Å². The molecule has 0 saturated carbocycles. The minimum atomic E-state index is 0. The normalized spacial score (nSPS) is 10.3. The molecule has 0 aliphatic rings. The molecule has 2 aromatic rings. The van der Waals surface area contributed by atoms with Gasteiger partial charge in [0, 0.05) is 10.6 Å². The van der Waals surface area contributed by atoms with Crippen LogP contribution in [-0.4, -0.2) is 6.54 Å². The van der Waals surface area contributed by atoms with Gasteiger partial charge in [0.2, 0.25) is 0 Å². The van der Waals surface area contributed by atoms with Crippen LogP contribution >= 0.6 is 24.0 Å². The van der Waals surface area contributed by atoms with E-state index in [9.17, 15) is 0 Å². The molecular weight excluding hydrogens is 293 g/mol. The first-order chi connectivity index (χ1) is 9.20. The highest BCUT2D eigenvalue weighted by atomic mass is 35.5. The van der Waals surface area contributed by atoms with Crippen molar-refractivity contribution in [3.05, 3.63) is 46.7 Å². The van der Waals surface area contributed by atoms with E-state index in [-0.39, 0.29) is 12.4 Å². The minimum absolute atomic E-state index is 0. The zero-order valence-corrected chi connectivity index (χ0v) is 13.5. The smallest absolute Gasteiger partial charge is 0.134 e. The first kappa shape index (κ1) is 17.1. The second kappa shape index (κ2) is 8.35. The Kier molecular flexibility index (Phi) is 7.14. The average Bonchev–Trinajstić information content (AvgIpc) is 2.87. The summed E-state index contributed by atoms with van der Waals surface area (Å²) in [6.45, 7) is 5.99. The number of halogens is 2. The summed E-state index contributed by atoms with van der Waals surface area (Å²) in [4.78, 5) is 0. The Morgan fingerprint density at radius 2 is 2.00 bits per heavy atom. The molecule has 0 spiro atoms. The average molecular weight is 314 g/mol. The minimum Gasteiger partial charge on any atom is -0.460 e. The first-order valence-electron chi connectivity index (χ1n) is 6.76. The molecule has 0 saturated heterocycles. The molecular formula is C16H21Cl2NO. The van der Waals surface area contributed by atoms with E-state index in [0.717, 1.165) is 40.8 Å². The zero-order chi connectivity index (χ0) is 13.7. The SMILES string of the molecule is CCCCNCc1ccc(-c2ccc(C)c(Cl)c2)o1.Cl. The van der Waals surface area contributed by atoms with Gasteiger partial charge in [-0.1, -0.05) is 37.1 Å². The number of rotatable bonds is 6. The highest BCUT2D eigenvalue weighted by Gasteiger charge is 2.06. The van der Waals surface area contributed by atoms with Gasteiger partial charge in [-0.3, -0.25) is 0 Å². The Bertz CT molecular complexity index is 537. The summed E-state index contributed by atoms with van der Waals surface area (Å²) >= 11 is 6.13. The first-order valence-corrected chi connectivity index (χ1v) is 7.14. The third-order valence-corrected chi connectivity index (χ3v) is 3.53. The molecule has 2 nitrogen and oxygen atoms in total. The molecule has 0 unspecified atom stereocenters. The molecule has 0 amide bonds. The lowest BCUT2D eigenvalue weighted by molar-refractivity contribution is 0.490. The van der Waals surface area contributed by atoms with Crippen LogP contribution in [0.15, 0.2) is 34.7 Å². The number of hydrogen-bond acceptors (Lipinski definition) is 2. The Morgan fingerprint density at radius 1 is 1.20 bits per heavy atom. The van der Waals surface area contributed by atoms with Crippen molar-refractivity contribution < 1.29 is 4.42 Å². The lowest BCUT2D eigenvalue weighted by Crippen LogP contribution is -2.13. The van der Waals surface area contributed by atoms with Crippen LogP contribution in [0.25, 0.3) is 11.3 Å². The fourth-order valence-electron chi connectivity index (χ4n) is 1.89. The molecule has 1 N–H and O–H groups in total. The van der Waals surface area contributed by atoms with Crippen molar-refractivity contribution in [1.29, 1.82) is 0 Å². The van der Waals surface area contributed by atoms with Crippen molar-refractivity contribution in [3.63, 3.8) is 0 Å². The van der Waals surface area contributed by atoms with Gasteiger partial charge in [-0.05, 0) is 43.7 Å². The maximum Gasteiger partial charge on any atom is 0.134 e. The molecule has 110 valence electrons. The van der Waals surface area contributed by atoms with Crippen molar-refractivity contribution >= 4 is 24.0 Å². The van der Waals surface area contributed by atoms with E-state index in [1.165, 1.54) is 12.8 Å². The third kappa shape index (κ3) is 4.55. The number of furan rings is 1. The van der Waals surface area contributed by atoms with Gasteiger partial charge in [0.15, 0.2) is 0 Å². The zero-order valence-electron chi connectivity index (χ0n) is 11.9. The second-order valence-corrected chi connectivity index (χ2v) is 5.17. The molecule has 1 aromatic heterocycles. The summed E-state index contributed by atoms with van der Waals surface area (Å²) in [5, 5.41) is 4.14. The van der Waals surface area contributed by atoms with Crippen LogP contribution in [0.4, 0.5) is 0 Å². The van der Waals surface area contributed by atoms with Crippen LogP contribution in [0, 0.1) is 6.92 Å². The van der Waals surface area contributed by atoms with Crippen LogP contribution in [0.5, 0.6) is 0 Å². The summed E-state index contributed by atoms with van der Waals surface area (Å²) in [7, 11) is 0. The molecule has 2 rings (SSSR count). The molecule has 0 atom stereocenters. The molecule has 1 aromatic carbocycles. The van der Waals surface area contributed by atoms with Crippen LogP contribution in [0.3, 0.4) is 0 Å². The number of nitrogens with one attached hydrogen (secondary N) is 1. The Morgan fingerprint density at radius 3 is 2.70 bits per heavy atom. The molecule has 0 bridgehead atoms. The molecule has 0 aliphatic carbocycles. The standard InChI is InChI=1S/C16H20ClNO.ClH/c1-3-4-9-18-11-14-7-8-16(19-14)13-6-5-12(2)15(17)10-13;/h5-8,10,18H,3-4,9,11H2,1-2H3;1H. The molecule has 4 heteroatoms. The Balaban J connectivity index is 0.00000200. The molecule has 1 heterocycles. The van der Waals surface area contributed by atoms with Crippen LogP contribution in [0.2, 0.25) is 5.02 Å². The second-order valence-electron chi connectivity index (χ2n) is 4.76. The quantitative estimate of drug-likeness (QED) is 0.740. The molecule has 0 radical (unpaired) electrons. The van der Waals surface area contributed by atoms with Gasteiger partial charge in [-0.25, -0.2) is 0 Å². The maximum absolute atomic E-state index is 6.13. The fourth-order valence-corrected chi connectivity index (χ4v) is 2.07. The van der Waals surface area contributed by atoms with E-state index < -0.39 is 0 Å². The van der Waals surface area contributed by atoms with Crippen LogP contribution in [-0.2, 0) is 6.54 Å². The molecule has 0 aliphatic heterocycles. The largest absolute Gasteiger partial charge is 0.460 e. The van der Waals surface area contributed by atoms with E-state index in [1.807, 2.05) is 37.3 Å². The Labute approximate surface area is 131 Å². The summed E-state index contributed by atoms with van der Waals surface area (Å²) < 4.78 is 5.82. The maximum atomic E-state index is 6.13. The van der Waals surface area contributed by atoms with Crippen molar-refractivity contribution in [3.8, 4) is 11.3 Å². The third-order valence-electron chi connectivity index (χ3n) is 3.12. The predicted octanol–water partition coefficient (Wildman–Crippen LogP) is 5.22. The van der Waals surface area contributed by atoms with Crippen molar-refractivity contribution in [1.82, 2.24) is 5.32 Å². The highest BCUT2D eigenvalue weighted by molar-refractivity contribution is 6.31. The van der Waals surface area contributed by atoms with E-state index in [2.05, 4.69) is 12.2 Å². The lowest BCUT2D eigenvalue weighted by atomic mass is 10.1. The van der Waals surface area contributed by atoms with E-state index in [1.54, 1.807) is 0 Å². The highest BCUT2D eigenvalue weighted by Crippen LogP contribution is 2.26. The lowest BCUT2D eigenvalue weighted by Gasteiger charge is -2.02. The van der Waals surface area contributed by atoms with Gasteiger partial charge in [0.1, 0.15) is 11.5 Å². The van der Waals surface area contributed by atoms with Gasteiger partial charge in [0.25, 0.3) is 0 Å². The van der Waals surface area contributed by atoms with E-state index >= 15 is 0 Å². The van der Waals surface area contributed by atoms with Gasteiger partial charge in [-0.15, -0.1) is 12.4 Å². The number of aryl methyl sites for hydroxylation is 1. The van der Waals surface area contributed by atoms with Gasteiger partial charge in [-0.2, -0.15) is 0 Å². The molecule has 0 fully saturated rings. The topological polar surface area (TPSA) is 25.2 Å². The predicted molar refractivity (Wildman–Crippen MR) is 87.8 cm³/mol. The number of unbranched alkanes of at least 4 members (excludes halogenated alkanes) is 1. The summed E-state index contributed by atoms with van der Waals surface area (Å²) in [5.41, 5.74) is 2.11. The summed E-state index contributed by atoms with van der Waals surface area (Å²) in [6, 6.07) is 10.0.